The number of carboxylic acids is 1. The van der Waals surface area contributed by atoms with E-state index in [1.54, 1.807) is 0 Å². The van der Waals surface area contributed by atoms with Crippen LogP contribution < -0.4 is 21.0 Å². The number of rotatable bonds is 21. The maximum absolute atomic E-state index is 10.2. The van der Waals surface area contributed by atoms with Gasteiger partial charge in [-0.25, -0.2) is 0 Å². The van der Waals surface area contributed by atoms with Crippen LogP contribution in [-0.4, -0.2) is 5.97 Å². The minimum Gasteiger partial charge on any atom is -0.550 e. The van der Waals surface area contributed by atoms with Gasteiger partial charge in [0.05, 0.1) is 6.16 Å². The number of aliphatic carboxylic acids is 1. The zero-order valence-electron chi connectivity index (χ0n) is 28.3. The molecule has 0 saturated heterocycles. The maximum atomic E-state index is 10.2. The Balaban J connectivity index is 0.000000262. The van der Waals surface area contributed by atoms with E-state index in [1.165, 1.54) is 105 Å². The Morgan fingerprint density at radius 3 is 1.09 bits per heavy atom. The van der Waals surface area contributed by atoms with Gasteiger partial charge in [-0.3, -0.25) is 0 Å². The van der Waals surface area contributed by atoms with Crippen molar-refractivity contribution in [2.45, 2.75) is 116 Å². The maximum Gasteiger partial charge on any atom is 0.116 e. The van der Waals surface area contributed by atoms with Gasteiger partial charge in [0.1, 0.15) is 23.2 Å². The molecule has 0 radical (unpaired) electrons. The Morgan fingerprint density at radius 1 is 0.457 bits per heavy atom. The van der Waals surface area contributed by atoms with Crippen LogP contribution in [0.25, 0.3) is 0 Å². The lowest BCUT2D eigenvalue weighted by Crippen LogP contribution is -2.32. The Bertz CT molecular complexity index is 1200. The van der Waals surface area contributed by atoms with Gasteiger partial charge in [-0.2, -0.15) is 0 Å². The van der Waals surface area contributed by atoms with E-state index in [2.05, 4.69) is 128 Å². The third-order valence-corrected chi connectivity index (χ3v) is 13.2. The van der Waals surface area contributed by atoms with Crippen molar-refractivity contribution in [2.24, 2.45) is 0 Å². The van der Waals surface area contributed by atoms with E-state index in [-0.39, 0.29) is 6.42 Å². The molecule has 4 rings (SSSR count). The first-order valence-corrected chi connectivity index (χ1v) is 19.9. The molecule has 0 aliphatic rings. The highest BCUT2D eigenvalue weighted by atomic mass is 31.2. The van der Waals surface area contributed by atoms with Crippen molar-refractivity contribution in [1.82, 2.24) is 0 Å². The van der Waals surface area contributed by atoms with Crippen LogP contribution in [0.15, 0.2) is 121 Å². The molecular formula is C43H57O2P. The van der Waals surface area contributed by atoms with Crippen molar-refractivity contribution in [1.29, 1.82) is 0 Å². The van der Waals surface area contributed by atoms with Crippen molar-refractivity contribution < 1.29 is 9.90 Å². The number of unbranched alkanes of at least 4 members (excludes halogenated alkanes) is 14. The third-order valence-electron chi connectivity index (χ3n) is 8.84. The van der Waals surface area contributed by atoms with Crippen LogP contribution in [0.1, 0.15) is 115 Å². The van der Waals surface area contributed by atoms with Crippen molar-refractivity contribution in [3.8, 4) is 0 Å². The lowest BCUT2D eigenvalue weighted by atomic mass is 10.0. The largest absolute Gasteiger partial charge is 0.550 e. The molecule has 4 aromatic rings. The summed E-state index contributed by atoms with van der Waals surface area (Å²) in [5.74, 6) is -0.903. The second-order valence-corrected chi connectivity index (χ2v) is 16.0. The fraction of sp³-hybridized carbons (Fsp3) is 0.419. The summed E-state index contributed by atoms with van der Waals surface area (Å²) in [5, 5.41) is 14.5. The Labute approximate surface area is 281 Å². The second kappa shape index (κ2) is 23.2. The Hall–Kier alpha value is -3.22. The lowest BCUT2D eigenvalue weighted by molar-refractivity contribution is -0.305. The van der Waals surface area contributed by atoms with Gasteiger partial charge in [0, 0.05) is 5.97 Å². The number of hydrogen-bond acceptors (Lipinski definition) is 2. The molecule has 0 saturated carbocycles. The van der Waals surface area contributed by atoms with Crippen LogP contribution in [0.5, 0.6) is 0 Å². The fourth-order valence-corrected chi connectivity index (χ4v) is 10.5. The van der Waals surface area contributed by atoms with Gasteiger partial charge in [-0.15, -0.1) is 0 Å². The van der Waals surface area contributed by atoms with Gasteiger partial charge in [0.25, 0.3) is 0 Å². The van der Waals surface area contributed by atoms with E-state index >= 15 is 0 Å². The van der Waals surface area contributed by atoms with Gasteiger partial charge in [0.15, 0.2) is 0 Å². The van der Waals surface area contributed by atoms with Gasteiger partial charge >= 0.3 is 0 Å². The molecule has 0 fully saturated rings. The highest BCUT2D eigenvalue weighted by Gasteiger charge is 2.45. The van der Waals surface area contributed by atoms with E-state index in [4.69, 9.17) is 0 Å². The molecule has 2 nitrogen and oxygen atoms in total. The molecule has 0 aliphatic heterocycles. The van der Waals surface area contributed by atoms with Crippen LogP contribution in [-0.2, 0) is 11.0 Å². The van der Waals surface area contributed by atoms with E-state index in [9.17, 15) is 9.90 Å². The molecule has 3 heteroatoms. The van der Waals surface area contributed by atoms with Gasteiger partial charge in [0.2, 0.25) is 0 Å². The van der Waals surface area contributed by atoms with E-state index in [1.807, 2.05) is 0 Å². The van der Waals surface area contributed by atoms with Gasteiger partial charge in [-0.1, -0.05) is 182 Å². The number of carbonyl (C=O) groups excluding carboxylic acids is 1. The highest BCUT2D eigenvalue weighted by molar-refractivity contribution is 7.95. The summed E-state index contributed by atoms with van der Waals surface area (Å²) < 4.78 is 0. The smallest absolute Gasteiger partial charge is 0.116 e. The second-order valence-electron chi connectivity index (χ2n) is 12.5. The summed E-state index contributed by atoms with van der Waals surface area (Å²) in [4.78, 5) is 10.2. The van der Waals surface area contributed by atoms with Gasteiger partial charge in [-0.05, 0) is 54.8 Å². The summed E-state index contributed by atoms with van der Waals surface area (Å²) in [6.07, 6.45) is 20.9. The summed E-state index contributed by atoms with van der Waals surface area (Å²) in [5.41, 5.74) is 1.39. The summed E-state index contributed by atoms with van der Waals surface area (Å²) >= 11 is 0. The normalized spacial score (nSPS) is 11.1. The molecule has 4 aromatic carbocycles. The van der Waals surface area contributed by atoms with Crippen LogP contribution in [0.2, 0.25) is 0 Å². The average molecular weight is 637 g/mol. The molecule has 0 bridgehead atoms. The standard InChI is InChI=1S/C25H22P.C18H36O2/c1-5-13-22(14-6-1)21-26(23-15-7-2-8-16-23,24-17-9-3-10-18-24)25-19-11-4-12-20-25;1-2-3-4-5-6-7-8-9-10-11-12-13-14-15-16-17-18(19)20/h1-20H,21H2;2-17H2,1H3,(H,19,20)/q+1;/p-1. The topological polar surface area (TPSA) is 40.1 Å². The molecule has 0 atom stereocenters. The predicted octanol–water partition coefficient (Wildman–Crippen LogP) is 10.2. The lowest BCUT2D eigenvalue weighted by Gasteiger charge is -2.27. The monoisotopic (exact) mass is 636 g/mol. The number of carbonyl (C=O) groups is 1. The molecular weight excluding hydrogens is 579 g/mol. The van der Waals surface area contributed by atoms with Gasteiger partial charge < -0.3 is 9.90 Å². The zero-order valence-corrected chi connectivity index (χ0v) is 29.2. The Kier molecular flexibility index (Phi) is 18.7. The van der Waals surface area contributed by atoms with Crippen molar-refractivity contribution in [3.05, 3.63) is 127 Å². The van der Waals surface area contributed by atoms with Crippen molar-refractivity contribution >= 4 is 29.1 Å². The van der Waals surface area contributed by atoms with Crippen molar-refractivity contribution in [3.63, 3.8) is 0 Å². The molecule has 0 amide bonds. The first-order chi connectivity index (χ1) is 22.7. The minimum atomic E-state index is -1.78. The molecule has 0 aromatic heterocycles. The summed E-state index contributed by atoms with van der Waals surface area (Å²) in [6, 6.07) is 44.0. The Morgan fingerprint density at radius 2 is 0.761 bits per heavy atom. The summed E-state index contributed by atoms with van der Waals surface area (Å²) in [7, 11) is -1.78. The van der Waals surface area contributed by atoms with Crippen LogP contribution in [0.3, 0.4) is 0 Å². The number of carboxylic acid groups (broad SMARTS) is 1. The average Bonchev–Trinajstić information content (AvgIpc) is 3.11. The molecule has 0 aliphatic carbocycles. The van der Waals surface area contributed by atoms with Crippen LogP contribution >= 0.6 is 7.26 Å². The molecule has 0 unspecified atom stereocenters. The van der Waals surface area contributed by atoms with E-state index in [0.29, 0.717) is 0 Å². The third kappa shape index (κ3) is 13.6. The van der Waals surface area contributed by atoms with Crippen LogP contribution in [0, 0.1) is 0 Å². The predicted molar refractivity (Wildman–Crippen MR) is 200 cm³/mol. The number of benzene rings is 4. The summed E-state index contributed by atoms with van der Waals surface area (Å²) in [6.45, 7) is 2.27. The first kappa shape index (κ1) is 37.2. The number of hydrogen-bond donors (Lipinski definition) is 0. The molecule has 46 heavy (non-hydrogen) atoms. The molecule has 0 spiro atoms. The minimum absolute atomic E-state index is 0.234. The van der Waals surface area contributed by atoms with E-state index < -0.39 is 13.2 Å². The van der Waals surface area contributed by atoms with Crippen LogP contribution in [0.4, 0.5) is 0 Å². The highest BCUT2D eigenvalue weighted by Crippen LogP contribution is 2.58. The molecule has 0 heterocycles. The van der Waals surface area contributed by atoms with Crippen molar-refractivity contribution in [2.75, 3.05) is 0 Å². The quantitative estimate of drug-likeness (QED) is 0.0675. The molecule has 246 valence electrons. The SMILES string of the molecule is CCCCCCCCCCCCCCCCCC(=O)[O-].c1ccc(C[P+](c2ccccc2)(c2ccccc2)c2ccccc2)cc1. The first-order valence-electron chi connectivity index (χ1n) is 18.0. The molecule has 0 N–H and O–H groups in total. The van der Waals surface area contributed by atoms with E-state index in [0.717, 1.165) is 19.0 Å². The fourth-order valence-electron chi connectivity index (χ4n) is 6.27. The zero-order chi connectivity index (χ0) is 32.5.